The van der Waals surface area contributed by atoms with Crippen molar-refractivity contribution in [3.63, 3.8) is 0 Å². The molecule has 0 bridgehead atoms. The molecule has 2 rings (SSSR count). The summed E-state index contributed by atoms with van der Waals surface area (Å²) >= 11 is 0. The largest absolute Gasteiger partial charge is 0.299 e. The first kappa shape index (κ1) is 15.5. The van der Waals surface area contributed by atoms with Gasteiger partial charge in [0.1, 0.15) is 0 Å². The molecule has 1 saturated heterocycles. The van der Waals surface area contributed by atoms with Crippen LogP contribution in [0.2, 0.25) is 0 Å². The van der Waals surface area contributed by atoms with Gasteiger partial charge in [0.2, 0.25) is 10.0 Å². The second-order valence-electron chi connectivity index (χ2n) is 5.52. The number of benzene rings is 1. The first-order valence-corrected chi connectivity index (χ1v) is 8.97. The van der Waals surface area contributed by atoms with Gasteiger partial charge in [-0.2, -0.15) is 0 Å². The molecule has 1 aromatic carbocycles. The average molecular weight is 296 g/mol. The van der Waals surface area contributed by atoms with E-state index in [-0.39, 0.29) is 5.75 Å². The van der Waals surface area contributed by atoms with Crippen molar-refractivity contribution in [1.29, 1.82) is 0 Å². The van der Waals surface area contributed by atoms with Crippen LogP contribution in [0.5, 0.6) is 0 Å². The van der Waals surface area contributed by atoms with E-state index in [0.717, 1.165) is 18.7 Å². The molecule has 1 aliphatic rings. The van der Waals surface area contributed by atoms with Crippen LogP contribution in [0.1, 0.15) is 31.7 Å². The monoisotopic (exact) mass is 296 g/mol. The van der Waals surface area contributed by atoms with Crippen LogP contribution >= 0.6 is 0 Å². The van der Waals surface area contributed by atoms with Crippen LogP contribution in [0, 0.1) is 0 Å². The van der Waals surface area contributed by atoms with Crippen LogP contribution in [0.15, 0.2) is 30.3 Å². The maximum atomic E-state index is 12.0. The molecule has 0 aromatic heterocycles. The lowest BCUT2D eigenvalue weighted by molar-refractivity contribution is 0.164. The second kappa shape index (κ2) is 7.20. The molecular formula is C15H24N2O2S. The van der Waals surface area contributed by atoms with Crippen LogP contribution < -0.4 is 4.72 Å². The summed E-state index contributed by atoms with van der Waals surface area (Å²) in [7, 11) is -3.23. The van der Waals surface area contributed by atoms with Gasteiger partial charge >= 0.3 is 0 Å². The highest BCUT2D eigenvalue weighted by molar-refractivity contribution is 7.88. The van der Waals surface area contributed by atoms with Gasteiger partial charge in [-0.25, -0.2) is 13.1 Å². The molecule has 20 heavy (non-hydrogen) atoms. The minimum absolute atomic E-state index is 0.0589. The maximum Gasteiger partial charge on any atom is 0.215 e. The van der Waals surface area contributed by atoms with E-state index in [2.05, 4.69) is 16.5 Å². The van der Waals surface area contributed by atoms with E-state index in [4.69, 9.17) is 0 Å². The van der Waals surface area contributed by atoms with E-state index < -0.39 is 10.0 Å². The molecule has 1 aromatic rings. The summed E-state index contributed by atoms with van der Waals surface area (Å²) in [6, 6.07) is 9.86. The molecular weight excluding hydrogens is 272 g/mol. The lowest BCUT2D eigenvalue weighted by Crippen LogP contribution is -2.42. The van der Waals surface area contributed by atoms with Crippen molar-refractivity contribution in [2.75, 3.05) is 19.6 Å². The van der Waals surface area contributed by atoms with Gasteiger partial charge < -0.3 is 0 Å². The van der Waals surface area contributed by atoms with Gasteiger partial charge in [-0.15, -0.1) is 0 Å². The highest BCUT2D eigenvalue weighted by Crippen LogP contribution is 2.15. The lowest BCUT2D eigenvalue weighted by Gasteiger charge is -2.33. The smallest absolute Gasteiger partial charge is 0.215 e. The van der Waals surface area contributed by atoms with Crippen molar-refractivity contribution in [3.05, 3.63) is 35.9 Å². The molecule has 1 fully saturated rings. The SMILES string of the molecule is C[C@@H]1CCCCN1CCNS(=O)(=O)Cc1ccccc1. The van der Waals surface area contributed by atoms with Gasteiger partial charge in [0.15, 0.2) is 0 Å². The highest BCUT2D eigenvalue weighted by Gasteiger charge is 2.18. The van der Waals surface area contributed by atoms with Crippen LogP contribution in [0.25, 0.3) is 0 Å². The number of likely N-dealkylation sites (tertiary alicyclic amines) is 1. The van der Waals surface area contributed by atoms with Crippen molar-refractivity contribution in [3.8, 4) is 0 Å². The molecule has 0 saturated carbocycles. The fourth-order valence-corrected chi connectivity index (χ4v) is 3.81. The minimum atomic E-state index is -3.23. The Balaban J connectivity index is 1.78. The van der Waals surface area contributed by atoms with E-state index in [9.17, 15) is 8.42 Å². The standard InChI is InChI=1S/C15H24N2O2S/c1-14-7-5-6-11-17(14)12-10-16-20(18,19)13-15-8-3-2-4-9-15/h2-4,8-9,14,16H,5-7,10-13H2,1H3/t14-/m1/s1. The molecule has 1 atom stereocenters. The van der Waals surface area contributed by atoms with Crippen molar-refractivity contribution in [2.45, 2.75) is 38.0 Å². The first-order chi connectivity index (χ1) is 9.57. The Morgan fingerprint density at radius 3 is 2.70 bits per heavy atom. The summed E-state index contributed by atoms with van der Waals surface area (Å²) in [5, 5.41) is 0. The fourth-order valence-electron chi connectivity index (χ4n) is 2.68. The van der Waals surface area contributed by atoms with E-state index in [1.54, 1.807) is 0 Å². The summed E-state index contributed by atoms with van der Waals surface area (Å²) < 4.78 is 26.7. The highest BCUT2D eigenvalue weighted by atomic mass is 32.2. The molecule has 0 amide bonds. The van der Waals surface area contributed by atoms with Crippen molar-refractivity contribution in [2.24, 2.45) is 0 Å². The predicted molar refractivity (Wildman–Crippen MR) is 82.0 cm³/mol. The molecule has 1 heterocycles. The number of rotatable bonds is 6. The molecule has 5 heteroatoms. The van der Waals surface area contributed by atoms with E-state index in [0.29, 0.717) is 12.6 Å². The van der Waals surface area contributed by atoms with Gasteiger partial charge in [-0.3, -0.25) is 4.90 Å². The Morgan fingerprint density at radius 2 is 2.00 bits per heavy atom. The van der Waals surface area contributed by atoms with Gasteiger partial charge in [0, 0.05) is 19.1 Å². The first-order valence-electron chi connectivity index (χ1n) is 7.32. The third-order valence-electron chi connectivity index (χ3n) is 3.86. The van der Waals surface area contributed by atoms with Crippen LogP contribution in [-0.4, -0.2) is 39.0 Å². The normalized spacial score (nSPS) is 20.9. The molecule has 0 unspecified atom stereocenters. The second-order valence-corrected chi connectivity index (χ2v) is 7.33. The Kier molecular flexibility index (Phi) is 5.57. The summed E-state index contributed by atoms with van der Waals surface area (Å²) in [5.41, 5.74) is 0.825. The molecule has 112 valence electrons. The van der Waals surface area contributed by atoms with Crippen molar-refractivity contribution >= 4 is 10.0 Å². The van der Waals surface area contributed by atoms with Gasteiger partial charge in [-0.1, -0.05) is 36.8 Å². The van der Waals surface area contributed by atoms with Gasteiger partial charge in [-0.05, 0) is 31.9 Å². The molecule has 0 aliphatic carbocycles. The number of sulfonamides is 1. The third-order valence-corrected chi connectivity index (χ3v) is 5.22. The maximum absolute atomic E-state index is 12.0. The van der Waals surface area contributed by atoms with Gasteiger partial charge in [0.25, 0.3) is 0 Å². The zero-order valence-electron chi connectivity index (χ0n) is 12.1. The quantitative estimate of drug-likeness (QED) is 0.873. The van der Waals surface area contributed by atoms with Crippen LogP contribution in [0.4, 0.5) is 0 Å². The summed E-state index contributed by atoms with van der Waals surface area (Å²) in [4.78, 5) is 2.37. The van der Waals surface area contributed by atoms with Crippen LogP contribution in [-0.2, 0) is 15.8 Å². The number of piperidine rings is 1. The average Bonchev–Trinajstić information content (AvgIpc) is 2.41. The summed E-state index contributed by atoms with van der Waals surface area (Å²) in [6.45, 7) is 4.61. The predicted octanol–water partition coefficient (Wildman–Crippen LogP) is 1.98. The molecule has 4 nitrogen and oxygen atoms in total. The molecule has 1 aliphatic heterocycles. The van der Waals surface area contributed by atoms with E-state index >= 15 is 0 Å². The Labute approximate surface area is 122 Å². The minimum Gasteiger partial charge on any atom is -0.299 e. The number of hydrogen-bond donors (Lipinski definition) is 1. The summed E-state index contributed by atoms with van der Waals surface area (Å²) in [5.74, 6) is 0.0589. The zero-order valence-corrected chi connectivity index (χ0v) is 12.9. The number of nitrogens with zero attached hydrogens (tertiary/aromatic N) is 1. The Morgan fingerprint density at radius 1 is 1.25 bits per heavy atom. The topological polar surface area (TPSA) is 49.4 Å². The number of nitrogens with one attached hydrogen (secondary N) is 1. The molecule has 1 N–H and O–H groups in total. The van der Waals surface area contributed by atoms with Crippen molar-refractivity contribution in [1.82, 2.24) is 9.62 Å². The zero-order chi connectivity index (χ0) is 14.4. The molecule has 0 radical (unpaired) electrons. The third kappa shape index (κ3) is 4.89. The molecule has 0 spiro atoms. The fraction of sp³-hybridized carbons (Fsp3) is 0.600. The van der Waals surface area contributed by atoms with Crippen LogP contribution in [0.3, 0.4) is 0 Å². The Hall–Kier alpha value is -0.910. The van der Waals surface area contributed by atoms with Gasteiger partial charge in [0.05, 0.1) is 5.75 Å². The number of hydrogen-bond acceptors (Lipinski definition) is 3. The lowest BCUT2D eigenvalue weighted by atomic mass is 10.0. The van der Waals surface area contributed by atoms with Crippen molar-refractivity contribution < 1.29 is 8.42 Å². The van der Waals surface area contributed by atoms with E-state index in [1.807, 2.05) is 30.3 Å². The van der Waals surface area contributed by atoms with E-state index in [1.165, 1.54) is 19.3 Å². The Bertz CT molecular complexity index is 502. The summed E-state index contributed by atoms with van der Waals surface area (Å²) in [6.07, 6.45) is 3.73.